The third-order valence-corrected chi connectivity index (χ3v) is 2.01. The third kappa shape index (κ3) is 1.24. The van der Waals surface area contributed by atoms with Crippen molar-refractivity contribution in [2.24, 2.45) is 0 Å². The van der Waals surface area contributed by atoms with E-state index in [-0.39, 0.29) is 0 Å². The van der Waals surface area contributed by atoms with E-state index in [1.54, 1.807) is 11.8 Å². The molecule has 0 aliphatic carbocycles. The van der Waals surface area contributed by atoms with Crippen LogP contribution >= 0.6 is 23.6 Å². The predicted octanol–water partition coefficient (Wildman–Crippen LogP) is 2.46. The summed E-state index contributed by atoms with van der Waals surface area (Å²) in [6.07, 6.45) is 1.57. The lowest BCUT2D eigenvalue weighted by Gasteiger charge is -1.82. The molecule has 1 N–H and O–H groups in total. The Balaban J connectivity index is 2.53. The molecule has 3 nitrogen and oxygen atoms in total. The van der Waals surface area contributed by atoms with E-state index in [2.05, 4.69) is 9.97 Å². The Kier molecular flexibility index (Phi) is 1.59. The molecule has 0 bridgehead atoms. The lowest BCUT2D eigenvalue weighted by molar-refractivity contribution is 0.541. The van der Waals surface area contributed by atoms with Crippen LogP contribution < -0.4 is 0 Å². The zero-order valence-corrected chi connectivity index (χ0v) is 7.04. The van der Waals surface area contributed by atoms with E-state index in [1.165, 1.54) is 11.3 Å². The Labute approximate surface area is 71.7 Å². The Hall–Kier alpha value is -0.940. The molecule has 0 atom stereocenters. The molecule has 0 unspecified atom stereocenters. The monoisotopic (exact) mass is 184 g/mol. The number of aromatic nitrogens is 2. The van der Waals surface area contributed by atoms with Crippen molar-refractivity contribution in [1.82, 2.24) is 9.97 Å². The quantitative estimate of drug-likeness (QED) is 0.692. The van der Waals surface area contributed by atoms with Crippen molar-refractivity contribution in [1.29, 1.82) is 0 Å². The Bertz CT molecular complexity index is 387. The summed E-state index contributed by atoms with van der Waals surface area (Å²) in [4.78, 5) is 7.33. The maximum Gasteiger partial charge on any atom is 0.266 e. The summed E-state index contributed by atoms with van der Waals surface area (Å²) in [6, 6.07) is 0. The first-order valence-electron chi connectivity index (χ1n) is 2.92. The van der Waals surface area contributed by atoms with E-state index in [0.717, 1.165) is 11.4 Å². The number of nitrogens with zero attached hydrogens (tertiary/aromatic N) is 1. The summed E-state index contributed by atoms with van der Waals surface area (Å²) in [5, 5.41) is 1.93. The fourth-order valence-electron chi connectivity index (χ4n) is 0.751. The molecule has 0 saturated carbocycles. The maximum absolute atomic E-state index is 4.91. The molecule has 11 heavy (non-hydrogen) atoms. The number of rotatable bonds is 1. The first-order chi connectivity index (χ1) is 5.36. The molecule has 5 heteroatoms. The van der Waals surface area contributed by atoms with Crippen molar-refractivity contribution >= 4 is 23.6 Å². The normalized spacial score (nSPS) is 10.2. The number of hydrogen-bond acceptors (Lipinski definition) is 4. The molecule has 2 heterocycles. The minimum Gasteiger partial charge on any atom is -0.437 e. The highest BCUT2D eigenvalue weighted by Crippen LogP contribution is 2.16. The molecule has 0 aliphatic rings. The van der Waals surface area contributed by atoms with Crippen molar-refractivity contribution in [2.45, 2.75) is 0 Å². The highest BCUT2D eigenvalue weighted by atomic mass is 32.1. The van der Waals surface area contributed by atoms with Gasteiger partial charge in [0.15, 0.2) is 0 Å². The predicted molar refractivity (Wildman–Crippen MR) is 45.0 cm³/mol. The molecule has 2 rings (SSSR count). The van der Waals surface area contributed by atoms with Crippen LogP contribution in [0.2, 0.25) is 0 Å². The summed E-state index contributed by atoms with van der Waals surface area (Å²) in [5.74, 6) is 0. The summed E-state index contributed by atoms with van der Waals surface area (Å²) < 4.78 is 4.91. The molecule has 0 fully saturated rings. The summed E-state index contributed by atoms with van der Waals surface area (Å²) >= 11 is 6.30. The topological polar surface area (TPSA) is 41.8 Å². The fraction of sp³-hybridized carbons (Fsp3) is 0. The van der Waals surface area contributed by atoms with E-state index in [0.29, 0.717) is 4.84 Å². The van der Waals surface area contributed by atoms with Crippen LogP contribution in [0.5, 0.6) is 0 Å². The van der Waals surface area contributed by atoms with Crippen LogP contribution in [0.4, 0.5) is 0 Å². The largest absolute Gasteiger partial charge is 0.437 e. The van der Waals surface area contributed by atoms with Crippen LogP contribution in [0.3, 0.4) is 0 Å². The van der Waals surface area contributed by atoms with Crippen LogP contribution in [0.1, 0.15) is 0 Å². The molecular formula is C6H4N2OS2. The lowest BCUT2D eigenvalue weighted by Crippen LogP contribution is -1.73. The van der Waals surface area contributed by atoms with E-state index < -0.39 is 0 Å². The van der Waals surface area contributed by atoms with Gasteiger partial charge in [-0.2, -0.15) is 0 Å². The molecule has 0 radical (unpaired) electrons. The van der Waals surface area contributed by atoms with Crippen molar-refractivity contribution in [3.05, 3.63) is 22.0 Å². The van der Waals surface area contributed by atoms with E-state index >= 15 is 0 Å². The van der Waals surface area contributed by atoms with E-state index in [1.807, 2.05) is 5.38 Å². The summed E-state index contributed by atoms with van der Waals surface area (Å²) in [6.45, 7) is 0. The zero-order valence-electron chi connectivity index (χ0n) is 5.40. The minimum absolute atomic E-state index is 0.382. The van der Waals surface area contributed by atoms with Crippen LogP contribution in [0, 0.1) is 4.84 Å². The number of thiazole rings is 1. The zero-order chi connectivity index (χ0) is 7.68. The molecule has 0 saturated heterocycles. The van der Waals surface area contributed by atoms with Gasteiger partial charge in [-0.1, -0.05) is 0 Å². The van der Waals surface area contributed by atoms with Gasteiger partial charge in [0.2, 0.25) is 0 Å². The van der Waals surface area contributed by atoms with Crippen molar-refractivity contribution in [3.8, 4) is 11.4 Å². The first-order valence-corrected chi connectivity index (χ1v) is 4.28. The average molecular weight is 184 g/mol. The van der Waals surface area contributed by atoms with Gasteiger partial charge in [0, 0.05) is 5.38 Å². The maximum atomic E-state index is 4.91. The summed E-state index contributed by atoms with van der Waals surface area (Å²) in [7, 11) is 0. The van der Waals surface area contributed by atoms with Gasteiger partial charge in [-0.15, -0.1) is 11.3 Å². The fourth-order valence-corrected chi connectivity index (χ4v) is 1.46. The van der Waals surface area contributed by atoms with Gasteiger partial charge in [0.25, 0.3) is 4.84 Å². The number of H-pyrrole nitrogens is 1. The molecule has 0 amide bonds. The molecular weight excluding hydrogens is 180 g/mol. The van der Waals surface area contributed by atoms with E-state index in [4.69, 9.17) is 16.6 Å². The molecule has 0 aromatic carbocycles. The van der Waals surface area contributed by atoms with Crippen molar-refractivity contribution in [2.75, 3.05) is 0 Å². The number of hydrogen-bond donors (Lipinski definition) is 1. The Morgan fingerprint density at radius 2 is 2.55 bits per heavy atom. The second-order valence-corrected chi connectivity index (χ2v) is 3.02. The van der Waals surface area contributed by atoms with Crippen LogP contribution in [-0.2, 0) is 0 Å². The van der Waals surface area contributed by atoms with Gasteiger partial charge in [-0.05, 0) is 12.2 Å². The smallest absolute Gasteiger partial charge is 0.266 e. The average Bonchev–Trinajstić information content (AvgIpc) is 2.55. The van der Waals surface area contributed by atoms with Gasteiger partial charge < -0.3 is 9.40 Å². The van der Waals surface area contributed by atoms with Gasteiger partial charge >= 0.3 is 0 Å². The first kappa shape index (κ1) is 6.75. The van der Waals surface area contributed by atoms with Crippen LogP contribution in [-0.4, -0.2) is 9.97 Å². The number of nitrogens with one attached hydrogen (secondary N) is 1. The number of aromatic amines is 1. The minimum atomic E-state index is 0.382. The second-order valence-electron chi connectivity index (χ2n) is 1.94. The Morgan fingerprint density at radius 3 is 3.09 bits per heavy atom. The molecule has 2 aromatic rings. The van der Waals surface area contributed by atoms with Gasteiger partial charge in [-0.3, -0.25) is 0 Å². The van der Waals surface area contributed by atoms with E-state index in [9.17, 15) is 0 Å². The highest BCUT2D eigenvalue weighted by molar-refractivity contribution is 7.71. The van der Waals surface area contributed by atoms with Gasteiger partial charge in [-0.25, -0.2) is 4.98 Å². The standard InChI is InChI=1S/C6H4N2OS2/c10-6-8-4(1-9-6)5-2-11-3-7-5/h1-3H,(H,8,10). The Morgan fingerprint density at radius 1 is 1.64 bits per heavy atom. The van der Waals surface area contributed by atoms with Crippen molar-refractivity contribution < 1.29 is 4.42 Å². The SMILES string of the molecule is S=c1[nH]c(-c2cscn2)co1. The van der Waals surface area contributed by atoms with Gasteiger partial charge in [0.1, 0.15) is 17.7 Å². The lowest BCUT2D eigenvalue weighted by atomic mass is 10.4. The third-order valence-electron chi connectivity index (χ3n) is 1.23. The van der Waals surface area contributed by atoms with Crippen LogP contribution in [0.25, 0.3) is 11.4 Å². The van der Waals surface area contributed by atoms with Crippen LogP contribution in [0.15, 0.2) is 21.6 Å². The molecule has 2 aromatic heterocycles. The number of oxazole rings is 1. The molecule has 0 spiro atoms. The second kappa shape index (κ2) is 2.60. The molecule has 0 aliphatic heterocycles. The van der Waals surface area contributed by atoms with Crippen molar-refractivity contribution in [3.63, 3.8) is 0 Å². The molecule has 56 valence electrons. The van der Waals surface area contributed by atoms with Gasteiger partial charge in [0.05, 0.1) is 5.51 Å². The highest BCUT2D eigenvalue weighted by Gasteiger charge is 2.00. The summed E-state index contributed by atoms with van der Waals surface area (Å²) in [5.41, 5.74) is 3.46.